The van der Waals surface area contributed by atoms with Crippen molar-refractivity contribution in [3.63, 3.8) is 0 Å². The SMILES string of the molecule is CC(C)CCS(=O)(=O)N(c1ccc(CN)cc1)C(C)C. The highest BCUT2D eigenvalue weighted by Crippen LogP contribution is 2.23. The Balaban J connectivity index is 3.03. The molecule has 0 aliphatic carbocycles. The fourth-order valence-corrected chi connectivity index (χ4v) is 4.09. The standard InChI is InChI=1S/C15H26N2O2S/c1-12(2)9-10-20(18,19)17(13(3)4)15-7-5-14(11-16)6-8-15/h5-8,12-13H,9-11,16H2,1-4H3. The van der Waals surface area contributed by atoms with Crippen LogP contribution in [-0.4, -0.2) is 20.2 Å². The van der Waals surface area contributed by atoms with E-state index in [0.717, 1.165) is 5.56 Å². The Labute approximate surface area is 123 Å². The molecule has 0 heterocycles. The van der Waals surface area contributed by atoms with Gasteiger partial charge in [0.1, 0.15) is 0 Å². The number of hydrogen-bond donors (Lipinski definition) is 1. The van der Waals surface area contributed by atoms with Crippen LogP contribution in [0.2, 0.25) is 0 Å². The van der Waals surface area contributed by atoms with E-state index in [9.17, 15) is 8.42 Å². The Morgan fingerprint density at radius 2 is 1.65 bits per heavy atom. The Bertz CT molecular complexity index is 507. The number of anilines is 1. The van der Waals surface area contributed by atoms with Crippen molar-refractivity contribution in [1.29, 1.82) is 0 Å². The van der Waals surface area contributed by atoms with Gasteiger partial charge in [-0.1, -0.05) is 26.0 Å². The van der Waals surface area contributed by atoms with Crippen molar-refractivity contribution in [2.75, 3.05) is 10.1 Å². The van der Waals surface area contributed by atoms with Gasteiger partial charge in [0.15, 0.2) is 0 Å². The average Bonchev–Trinajstić information content (AvgIpc) is 2.37. The second-order valence-electron chi connectivity index (χ2n) is 5.76. The second kappa shape index (κ2) is 7.09. The molecule has 0 bridgehead atoms. The minimum atomic E-state index is -3.29. The fourth-order valence-electron chi connectivity index (χ4n) is 2.04. The van der Waals surface area contributed by atoms with Gasteiger partial charge in [-0.25, -0.2) is 8.42 Å². The summed E-state index contributed by atoms with van der Waals surface area (Å²) in [5.74, 6) is 0.556. The first-order valence-electron chi connectivity index (χ1n) is 7.09. The van der Waals surface area contributed by atoms with Crippen LogP contribution in [0.4, 0.5) is 5.69 Å². The maximum absolute atomic E-state index is 12.5. The van der Waals surface area contributed by atoms with Crippen LogP contribution in [0.1, 0.15) is 39.7 Å². The Morgan fingerprint density at radius 3 is 2.05 bits per heavy atom. The quantitative estimate of drug-likeness (QED) is 0.842. The maximum Gasteiger partial charge on any atom is 0.235 e. The molecular formula is C15H26N2O2S. The molecule has 4 nitrogen and oxygen atoms in total. The van der Waals surface area contributed by atoms with Crippen LogP contribution < -0.4 is 10.0 Å². The zero-order chi connectivity index (χ0) is 15.3. The average molecular weight is 298 g/mol. The monoisotopic (exact) mass is 298 g/mol. The van der Waals surface area contributed by atoms with E-state index < -0.39 is 10.0 Å². The first-order valence-corrected chi connectivity index (χ1v) is 8.70. The number of benzene rings is 1. The van der Waals surface area contributed by atoms with E-state index >= 15 is 0 Å². The van der Waals surface area contributed by atoms with Gasteiger partial charge >= 0.3 is 0 Å². The van der Waals surface area contributed by atoms with Crippen molar-refractivity contribution in [3.8, 4) is 0 Å². The lowest BCUT2D eigenvalue weighted by molar-refractivity contribution is 0.564. The number of rotatable bonds is 7. The number of sulfonamides is 1. The normalized spacial score (nSPS) is 12.2. The summed E-state index contributed by atoms with van der Waals surface area (Å²) in [5, 5.41) is 0. The summed E-state index contributed by atoms with van der Waals surface area (Å²) in [6.45, 7) is 8.31. The van der Waals surface area contributed by atoms with Crippen molar-refractivity contribution >= 4 is 15.7 Å². The van der Waals surface area contributed by atoms with Gasteiger partial charge in [0, 0.05) is 12.6 Å². The molecule has 20 heavy (non-hydrogen) atoms. The van der Waals surface area contributed by atoms with Crippen molar-refractivity contribution in [2.24, 2.45) is 11.7 Å². The lowest BCUT2D eigenvalue weighted by Crippen LogP contribution is -2.38. The van der Waals surface area contributed by atoms with Gasteiger partial charge in [0.05, 0.1) is 11.4 Å². The van der Waals surface area contributed by atoms with Crippen molar-refractivity contribution in [1.82, 2.24) is 0 Å². The van der Waals surface area contributed by atoms with Crippen LogP contribution in [0.15, 0.2) is 24.3 Å². The largest absolute Gasteiger partial charge is 0.326 e. The highest BCUT2D eigenvalue weighted by atomic mass is 32.2. The maximum atomic E-state index is 12.5. The summed E-state index contributed by atoms with van der Waals surface area (Å²) in [6.07, 6.45) is 0.673. The van der Waals surface area contributed by atoms with Gasteiger partial charge < -0.3 is 5.73 Å². The van der Waals surface area contributed by atoms with Crippen molar-refractivity contribution < 1.29 is 8.42 Å². The van der Waals surface area contributed by atoms with Gasteiger partial charge in [-0.2, -0.15) is 0 Å². The van der Waals surface area contributed by atoms with Crippen LogP contribution >= 0.6 is 0 Å². The minimum absolute atomic E-state index is 0.101. The summed E-state index contributed by atoms with van der Waals surface area (Å²) >= 11 is 0. The molecule has 0 aromatic heterocycles. The number of nitrogens with two attached hydrogens (primary N) is 1. The second-order valence-corrected chi connectivity index (χ2v) is 7.72. The van der Waals surface area contributed by atoms with Crippen molar-refractivity contribution in [3.05, 3.63) is 29.8 Å². The Hall–Kier alpha value is -1.07. The molecule has 0 atom stereocenters. The molecule has 0 saturated carbocycles. The Morgan fingerprint density at radius 1 is 1.10 bits per heavy atom. The smallest absolute Gasteiger partial charge is 0.235 e. The molecule has 0 saturated heterocycles. The van der Waals surface area contributed by atoms with Gasteiger partial charge in [0.2, 0.25) is 10.0 Å². The zero-order valence-electron chi connectivity index (χ0n) is 12.8. The Kier molecular flexibility index (Phi) is 6.02. The van der Waals surface area contributed by atoms with Gasteiger partial charge in [-0.15, -0.1) is 0 Å². The molecule has 0 spiro atoms. The van der Waals surface area contributed by atoms with Crippen LogP contribution in [-0.2, 0) is 16.6 Å². The third-order valence-corrected chi connectivity index (χ3v) is 5.13. The van der Waals surface area contributed by atoms with Crippen LogP contribution in [0.25, 0.3) is 0 Å². The summed E-state index contributed by atoms with van der Waals surface area (Å²) < 4.78 is 26.6. The van der Waals surface area contributed by atoms with Crippen molar-refractivity contribution in [2.45, 2.75) is 46.7 Å². The van der Waals surface area contributed by atoms with E-state index in [4.69, 9.17) is 5.73 Å². The molecular weight excluding hydrogens is 272 g/mol. The van der Waals surface area contributed by atoms with Crippen LogP contribution in [0, 0.1) is 5.92 Å². The zero-order valence-corrected chi connectivity index (χ0v) is 13.7. The van der Waals surface area contributed by atoms with Crippen LogP contribution in [0.3, 0.4) is 0 Å². The molecule has 0 aliphatic rings. The fraction of sp³-hybridized carbons (Fsp3) is 0.600. The van der Waals surface area contributed by atoms with E-state index in [1.165, 1.54) is 4.31 Å². The third-order valence-electron chi connectivity index (χ3n) is 3.15. The van der Waals surface area contributed by atoms with E-state index in [-0.39, 0.29) is 11.8 Å². The number of nitrogens with zero attached hydrogens (tertiary/aromatic N) is 1. The number of hydrogen-bond acceptors (Lipinski definition) is 3. The van der Waals surface area contributed by atoms with E-state index in [1.54, 1.807) is 0 Å². The lowest BCUT2D eigenvalue weighted by atomic mass is 10.2. The third kappa shape index (κ3) is 4.49. The highest BCUT2D eigenvalue weighted by Gasteiger charge is 2.25. The first-order chi connectivity index (χ1) is 9.27. The molecule has 1 rings (SSSR count). The highest BCUT2D eigenvalue weighted by molar-refractivity contribution is 7.92. The van der Waals surface area contributed by atoms with Crippen LogP contribution in [0.5, 0.6) is 0 Å². The molecule has 0 fully saturated rings. The molecule has 0 amide bonds. The lowest BCUT2D eigenvalue weighted by Gasteiger charge is -2.28. The molecule has 0 unspecified atom stereocenters. The summed E-state index contributed by atoms with van der Waals surface area (Å²) in [4.78, 5) is 0. The van der Waals surface area contributed by atoms with Gasteiger partial charge in [-0.3, -0.25) is 4.31 Å². The molecule has 0 aliphatic heterocycles. The predicted octanol–water partition coefficient (Wildman–Crippen LogP) is 2.74. The predicted molar refractivity (Wildman–Crippen MR) is 85.2 cm³/mol. The summed E-state index contributed by atoms with van der Waals surface area (Å²) in [7, 11) is -3.29. The van der Waals surface area contributed by atoms with E-state index in [2.05, 4.69) is 0 Å². The summed E-state index contributed by atoms with van der Waals surface area (Å²) in [6, 6.07) is 7.31. The molecule has 114 valence electrons. The van der Waals surface area contributed by atoms with E-state index in [0.29, 0.717) is 24.6 Å². The molecule has 1 aromatic rings. The van der Waals surface area contributed by atoms with Gasteiger partial charge in [0.25, 0.3) is 0 Å². The molecule has 0 radical (unpaired) electrons. The molecule has 1 aromatic carbocycles. The van der Waals surface area contributed by atoms with Gasteiger partial charge in [-0.05, 0) is 43.9 Å². The molecule has 5 heteroatoms. The topological polar surface area (TPSA) is 63.4 Å². The van der Waals surface area contributed by atoms with E-state index in [1.807, 2.05) is 52.0 Å². The minimum Gasteiger partial charge on any atom is -0.326 e. The molecule has 2 N–H and O–H groups in total. The summed E-state index contributed by atoms with van der Waals surface area (Å²) in [5.41, 5.74) is 7.28. The first kappa shape index (κ1) is 17.0.